The van der Waals surface area contributed by atoms with Gasteiger partial charge in [0.05, 0.1) is 16.6 Å². The van der Waals surface area contributed by atoms with Crippen LogP contribution in [0.4, 0.5) is 5.69 Å². The first-order chi connectivity index (χ1) is 14.0. The molecule has 1 saturated heterocycles. The molecule has 3 heterocycles. The number of phenols is 1. The molecule has 2 aliphatic rings. The van der Waals surface area contributed by atoms with Gasteiger partial charge in [-0.2, -0.15) is 0 Å². The van der Waals surface area contributed by atoms with Crippen LogP contribution in [0.3, 0.4) is 0 Å². The van der Waals surface area contributed by atoms with Gasteiger partial charge in [-0.1, -0.05) is 59.0 Å². The monoisotopic (exact) mass is 424 g/mol. The predicted octanol–water partition coefficient (Wildman–Crippen LogP) is 3.25. The van der Waals surface area contributed by atoms with Gasteiger partial charge in [0.15, 0.2) is 0 Å². The Morgan fingerprint density at radius 1 is 1.00 bits per heavy atom. The molecule has 0 unspecified atom stereocenters. The van der Waals surface area contributed by atoms with Gasteiger partial charge < -0.3 is 10.1 Å². The first kappa shape index (κ1) is 18.2. The minimum atomic E-state index is -0.693. The first-order valence-electron chi connectivity index (χ1n) is 9.07. The summed E-state index contributed by atoms with van der Waals surface area (Å²) < 4.78 is 0. The Labute approximate surface area is 174 Å². The van der Waals surface area contributed by atoms with Gasteiger partial charge in [0.2, 0.25) is 11.8 Å². The van der Waals surface area contributed by atoms with Crippen molar-refractivity contribution >= 4 is 40.6 Å². The zero-order valence-electron chi connectivity index (χ0n) is 15.3. The summed E-state index contributed by atoms with van der Waals surface area (Å²) in [5.74, 6) is -1.82. The minimum absolute atomic E-state index is 0.0454. The summed E-state index contributed by atoms with van der Waals surface area (Å²) >= 11 is 2.26. The number of aromatic hydroxyl groups is 1. The molecule has 29 heavy (non-hydrogen) atoms. The normalized spacial score (nSPS) is 23.2. The summed E-state index contributed by atoms with van der Waals surface area (Å²) in [6.45, 7) is 1.94. The molecule has 1 aromatic heterocycles. The predicted molar refractivity (Wildman–Crippen MR) is 112 cm³/mol. The lowest BCUT2D eigenvalue weighted by atomic mass is 9.82. The number of benzene rings is 2. The number of H-pyrrole nitrogens is 1. The summed E-state index contributed by atoms with van der Waals surface area (Å²) in [6.07, 6.45) is 0. The number of carbonyl (C=O) groups excluding carboxylic acids is 2. The van der Waals surface area contributed by atoms with Crippen molar-refractivity contribution < 1.29 is 14.7 Å². The van der Waals surface area contributed by atoms with Crippen LogP contribution in [0.1, 0.15) is 21.9 Å². The smallest absolute Gasteiger partial charge is 0.305 e. The second-order valence-electron chi connectivity index (χ2n) is 7.16. The van der Waals surface area contributed by atoms with Gasteiger partial charge >= 0.3 is 4.87 Å². The minimum Gasteiger partial charge on any atom is -0.508 e. The molecule has 6 nitrogen and oxygen atoms in total. The molecule has 3 atom stereocenters. The lowest BCUT2D eigenvalue weighted by Gasteiger charge is -2.30. The molecule has 2 aliphatic heterocycles. The lowest BCUT2D eigenvalue weighted by Crippen LogP contribution is -2.32. The van der Waals surface area contributed by atoms with Gasteiger partial charge in [-0.25, -0.2) is 4.90 Å². The molecule has 2 N–H and O–H groups in total. The second kappa shape index (κ2) is 6.60. The van der Waals surface area contributed by atoms with E-state index in [1.165, 1.54) is 16.7 Å². The number of para-hydroxylation sites is 1. The highest BCUT2D eigenvalue weighted by Gasteiger charge is 2.56. The first-order valence-corrected chi connectivity index (χ1v) is 10.8. The van der Waals surface area contributed by atoms with Gasteiger partial charge in [-0.05, 0) is 25.1 Å². The number of aromatic amines is 1. The number of thioether (sulfide) groups is 1. The van der Waals surface area contributed by atoms with Crippen LogP contribution < -0.4 is 9.77 Å². The number of nitrogens with zero attached hydrogens (tertiary/aromatic N) is 1. The highest BCUT2D eigenvalue weighted by atomic mass is 32.2. The Bertz CT molecular complexity index is 1200. The third-order valence-electron chi connectivity index (χ3n) is 5.39. The summed E-state index contributed by atoms with van der Waals surface area (Å²) in [7, 11) is 0. The number of carbonyl (C=O) groups is 2. The third kappa shape index (κ3) is 2.74. The van der Waals surface area contributed by atoms with Crippen LogP contribution in [-0.2, 0) is 9.59 Å². The van der Waals surface area contributed by atoms with Crippen molar-refractivity contribution in [2.24, 2.45) is 5.92 Å². The van der Waals surface area contributed by atoms with E-state index in [0.717, 1.165) is 16.9 Å². The van der Waals surface area contributed by atoms with Crippen LogP contribution in [0.25, 0.3) is 0 Å². The fourth-order valence-electron chi connectivity index (χ4n) is 4.05. The van der Waals surface area contributed by atoms with Crippen molar-refractivity contribution in [2.45, 2.75) is 23.1 Å². The standard InChI is InChI=1S/C21H16N2O4S2/c1-10-6-8-11(9-7-10)23-19(25)15-14(12-4-2-3-5-13(12)24)16-18(22-21(27)29-16)28-17(15)20(23)26/h2-9,14-15,17,24H,1H3,(H,22,27)/t14-,15-,17+/m0/s1. The number of hydrogen-bond donors (Lipinski definition) is 2. The van der Waals surface area contributed by atoms with Crippen molar-refractivity contribution in [3.63, 3.8) is 0 Å². The maximum atomic E-state index is 13.5. The van der Waals surface area contributed by atoms with Gasteiger partial charge in [0, 0.05) is 16.4 Å². The number of amides is 2. The molecule has 0 saturated carbocycles. The highest BCUT2D eigenvalue weighted by molar-refractivity contribution is 8.00. The number of aryl methyl sites for hydroxylation is 1. The molecule has 0 bridgehead atoms. The number of phenolic OH excluding ortho intramolecular Hbond substituents is 1. The number of imide groups is 1. The molecular formula is C21H16N2O4S2. The molecule has 0 spiro atoms. The fraction of sp³-hybridized carbons (Fsp3) is 0.190. The average molecular weight is 425 g/mol. The van der Waals surface area contributed by atoms with E-state index >= 15 is 0 Å². The van der Waals surface area contributed by atoms with Crippen molar-refractivity contribution in [1.29, 1.82) is 0 Å². The summed E-state index contributed by atoms with van der Waals surface area (Å²) in [6, 6.07) is 14.0. The topological polar surface area (TPSA) is 90.5 Å². The number of rotatable bonds is 2. The second-order valence-corrected chi connectivity index (χ2v) is 9.32. The molecule has 0 aliphatic carbocycles. The highest BCUT2D eigenvalue weighted by Crippen LogP contribution is 2.54. The van der Waals surface area contributed by atoms with E-state index in [0.29, 0.717) is 21.2 Å². The third-order valence-corrected chi connectivity index (χ3v) is 7.79. The van der Waals surface area contributed by atoms with Crippen molar-refractivity contribution in [1.82, 2.24) is 4.98 Å². The van der Waals surface area contributed by atoms with Crippen LogP contribution in [0, 0.1) is 12.8 Å². The summed E-state index contributed by atoms with van der Waals surface area (Å²) in [5.41, 5.74) is 2.12. The van der Waals surface area contributed by atoms with E-state index in [1.807, 2.05) is 19.1 Å². The number of aromatic nitrogens is 1. The number of nitrogens with one attached hydrogen (secondary N) is 1. The van der Waals surface area contributed by atoms with Crippen LogP contribution >= 0.6 is 23.1 Å². The SMILES string of the molecule is Cc1ccc(N2C(=O)[C@H]3[C@H](c4ccccc4O)c4sc(=O)[nH]c4S[C@H]3C2=O)cc1. The molecule has 0 radical (unpaired) electrons. The Morgan fingerprint density at radius 2 is 1.72 bits per heavy atom. The van der Waals surface area contributed by atoms with E-state index in [9.17, 15) is 19.5 Å². The van der Waals surface area contributed by atoms with Gasteiger partial charge in [0.1, 0.15) is 11.0 Å². The van der Waals surface area contributed by atoms with E-state index in [4.69, 9.17) is 0 Å². The maximum absolute atomic E-state index is 13.5. The average Bonchev–Trinajstić information content (AvgIpc) is 3.19. The van der Waals surface area contributed by atoms with Gasteiger partial charge in [-0.3, -0.25) is 14.4 Å². The molecule has 146 valence electrons. The van der Waals surface area contributed by atoms with Gasteiger partial charge in [-0.15, -0.1) is 0 Å². The van der Waals surface area contributed by atoms with Gasteiger partial charge in [0.25, 0.3) is 0 Å². The summed E-state index contributed by atoms with van der Waals surface area (Å²) in [4.78, 5) is 43.2. The molecule has 2 amide bonds. The number of thiazole rings is 1. The Kier molecular flexibility index (Phi) is 4.15. The Hall–Kier alpha value is -2.84. The molecule has 2 aromatic carbocycles. The Morgan fingerprint density at radius 3 is 2.45 bits per heavy atom. The van der Waals surface area contributed by atoms with E-state index in [2.05, 4.69) is 4.98 Å². The zero-order valence-corrected chi connectivity index (χ0v) is 16.9. The molecule has 8 heteroatoms. The Balaban J connectivity index is 1.67. The van der Waals surface area contributed by atoms with Crippen LogP contribution in [0.2, 0.25) is 0 Å². The van der Waals surface area contributed by atoms with E-state index < -0.39 is 17.1 Å². The lowest BCUT2D eigenvalue weighted by molar-refractivity contribution is -0.122. The zero-order chi connectivity index (χ0) is 20.3. The van der Waals surface area contributed by atoms with Crippen LogP contribution in [0.5, 0.6) is 5.75 Å². The fourth-order valence-corrected chi connectivity index (χ4v) is 6.56. The van der Waals surface area contributed by atoms with Crippen molar-refractivity contribution in [3.05, 3.63) is 74.2 Å². The van der Waals surface area contributed by atoms with E-state index in [1.54, 1.807) is 36.4 Å². The molecule has 3 aromatic rings. The summed E-state index contributed by atoms with van der Waals surface area (Å²) in [5, 5.41) is 10.4. The largest absolute Gasteiger partial charge is 0.508 e. The van der Waals surface area contributed by atoms with Crippen LogP contribution in [-0.4, -0.2) is 27.2 Å². The van der Waals surface area contributed by atoms with Crippen LogP contribution in [0.15, 0.2) is 58.4 Å². The van der Waals surface area contributed by atoms with E-state index in [-0.39, 0.29) is 22.4 Å². The number of anilines is 1. The number of hydrogen-bond acceptors (Lipinski definition) is 6. The maximum Gasteiger partial charge on any atom is 0.305 e. The molecular weight excluding hydrogens is 408 g/mol. The molecule has 5 rings (SSSR count). The quantitative estimate of drug-likeness (QED) is 0.617. The number of fused-ring (bicyclic) bond motifs is 2. The van der Waals surface area contributed by atoms with Crippen molar-refractivity contribution in [3.8, 4) is 5.75 Å². The molecule has 1 fully saturated rings. The van der Waals surface area contributed by atoms with Crippen molar-refractivity contribution in [2.75, 3.05) is 4.90 Å².